The fourth-order valence-electron chi connectivity index (χ4n) is 2.77. The Bertz CT molecular complexity index is 1030. The summed E-state index contributed by atoms with van der Waals surface area (Å²) in [6.07, 6.45) is 3.78. The first-order valence-corrected chi connectivity index (χ1v) is 9.35. The van der Waals surface area contributed by atoms with Gasteiger partial charge in [-0.2, -0.15) is 0 Å². The maximum absolute atomic E-state index is 13.2. The van der Waals surface area contributed by atoms with E-state index < -0.39 is 10.0 Å². The van der Waals surface area contributed by atoms with Crippen LogP contribution in [0.4, 0.5) is 0 Å². The second-order valence-corrected chi connectivity index (χ2v) is 7.93. The molecule has 2 aromatic heterocycles. The van der Waals surface area contributed by atoms with E-state index in [-0.39, 0.29) is 4.90 Å². The predicted octanol–water partition coefficient (Wildman–Crippen LogP) is 3.04. The zero-order valence-electron chi connectivity index (χ0n) is 13.5. The molecule has 7 heteroatoms. The topological polar surface area (TPSA) is 78.0 Å². The summed E-state index contributed by atoms with van der Waals surface area (Å²) in [7, 11) is -3.78. The van der Waals surface area contributed by atoms with Crippen molar-refractivity contribution in [2.24, 2.45) is 5.73 Å². The first kappa shape index (κ1) is 17.0. The van der Waals surface area contributed by atoms with E-state index in [1.165, 1.54) is 3.97 Å². The molecule has 2 N–H and O–H groups in total. The normalized spacial score (nSPS) is 12.0. The van der Waals surface area contributed by atoms with E-state index in [2.05, 4.69) is 4.98 Å². The smallest absolute Gasteiger partial charge is 0.269 e. The summed E-state index contributed by atoms with van der Waals surface area (Å²) in [5.74, 6) is 0. The minimum Gasteiger partial charge on any atom is -0.330 e. The molecule has 0 saturated heterocycles. The summed E-state index contributed by atoms with van der Waals surface area (Å²) in [4.78, 5) is 4.49. The van der Waals surface area contributed by atoms with Crippen LogP contribution in [0.2, 0.25) is 5.02 Å². The number of aryl methyl sites for hydroxylation is 2. The van der Waals surface area contributed by atoms with Crippen molar-refractivity contribution < 1.29 is 8.42 Å². The number of pyridine rings is 1. The van der Waals surface area contributed by atoms with Crippen LogP contribution in [0.25, 0.3) is 11.0 Å². The Morgan fingerprint density at radius 3 is 2.71 bits per heavy atom. The second kappa shape index (κ2) is 6.20. The molecule has 0 radical (unpaired) electrons. The molecule has 0 spiro atoms. The minimum absolute atomic E-state index is 0.228. The molecule has 0 aliphatic rings. The van der Waals surface area contributed by atoms with Crippen molar-refractivity contribution in [3.8, 4) is 0 Å². The van der Waals surface area contributed by atoms with Gasteiger partial charge in [-0.15, -0.1) is 0 Å². The van der Waals surface area contributed by atoms with Crippen LogP contribution in [0.15, 0.2) is 41.6 Å². The summed E-state index contributed by atoms with van der Waals surface area (Å²) < 4.78 is 27.6. The van der Waals surface area contributed by atoms with Gasteiger partial charge in [-0.3, -0.25) is 0 Å². The summed E-state index contributed by atoms with van der Waals surface area (Å²) in [6.45, 7) is 3.96. The fraction of sp³-hybridized carbons (Fsp3) is 0.235. The van der Waals surface area contributed by atoms with Gasteiger partial charge in [-0.1, -0.05) is 11.6 Å². The van der Waals surface area contributed by atoms with Gasteiger partial charge in [0, 0.05) is 22.8 Å². The van der Waals surface area contributed by atoms with E-state index in [0.717, 1.165) is 10.9 Å². The van der Waals surface area contributed by atoms with Crippen LogP contribution in [-0.2, 0) is 16.4 Å². The van der Waals surface area contributed by atoms with Crippen LogP contribution in [0, 0.1) is 13.8 Å². The molecule has 3 aromatic rings. The number of benzene rings is 1. The van der Waals surface area contributed by atoms with Gasteiger partial charge in [0.25, 0.3) is 10.0 Å². The first-order chi connectivity index (χ1) is 11.4. The van der Waals surface area contributed by atoms with Crippen molar-refractivity contribution in [2.75, 3.05) is 6.54 Å². The standard InChI is InChI=1S/C17H18ClN3O2S/c1-11-9-16(12(2)8-15(11)18)24(22,23)21-10-13(5-6-19)14-4-3-7-20-17(14)21/h3-4,7-10H,5-6,19H2,1-2H3. The molecule has 126 valence electrons. The van der Waals surface area contributed by atoms with Gasteiger partial charge in [0.05, 0.1) is 4.90 Å². The molecule has 0 saturated carbocycles. The number of halogens is 1. The fourth-order valence-corrected chi connectivity index (χ4v) is 4.63. The maximum Gasteiger partial charge on any atom is 0.269 e. The first-order valence-electron chi connectivity index (χ1n) is 7.53. The average molecular weight is 364 g/mol. The van der Waals surface area contributed by atoms with Gasteiger partial charge in [0.2, 0.25) is 0 Å². The van der Waals surface area contributed by atoms with Crippen LogP contribution >= 0.6 is 11.6 Å². The zero-order valence-corrected chi connectivity index (χ0v) is 15.0. The van der Waals surface area contributed by atoms with E-state index in [4.69, 9.17) is 17.3 Å². The van der Waals surface area contributed by atoms with Gasteiger partial charge >= 0.3 is 0 Å². The molecule has 24 heavy (non-hydrogen) atoms. The van der Waals surface area contributed by atoms with Crippen LogP contribution < -0.4 is 5.73 Å². The number of nitrogens with zero attached hydrogens (tertiary/aromatic N) is 2. The van der Waals surface area contributed by atoms with Gasteiger partial charge in [0.15, 0.2) is 5.65 Å². The summed E-state index contributed by atoms with van der Waals surface area (Å²) in [6, 6.07) is 6.92. The highest BCUT2D eigenvalue weighted by molar-refractivity contribution is 7.90. The van der Waals surface area contributed by atoms with Crippen LogP contribution in [0.3, 0.4) is 0 Å². The quantitative estimate of drug-likeness (QED) is 0.772. The molecule has 3 rings (SSSR count). The highest BCUT2D eigenvalue weighted by Gasteiger charge is 2.24. The second-order valence-electron chi connectivity index (χ2n) is 5.74. The van der Waals surface area contributed by atoms with Crippen molar-refractivity contribution >= 4 is 32.7 Å². The summed E-state index contributed by atoms with van der Waals surface area (Å²) >= 11 is 6.09. The molecule has 0 unspecified atom stereocenters. The lowest BCUT2D eigenvalue weighted by atomic mass is 10.2. The van der Waals surface area contributed by atoms with Crippen LogP contribution in [0.5, 0.6) is 0 Å². The van der Waals surface area contributed by atoms with Crippen molar-refractivity contribution in [3.63, 3.8) is 0 Å². The van der Waals surface area contributed by atoms with Gasteiger partial charge in [-0.05, 0) is 67.8 Å². The predicted molar refractivity (Wildman–Crippen MR) is 96.0 cm³/mol. The number of aromatic nitrogens is 2. The van der Waals surface area contributed by atoms with E-state index in [9.17, 15) is 8.42 Å². The molecule has 0 amide bonds. The van der Waals surface area contributed by atoms with Crippen molar-refractivity contribution in [1.82, 2.24) is 8.96 Å². The Morgan fingerprint density at radius 2 is 2.00 bits per heavy atom. The van der Waals surface area contributed by atoms with Crippen LogP contribution in [0.1, 0.15) is 16.7 Å². The molecule has 0 aliphatic heterocycles. The molecule has 0 aliphatic carbocycles. The van der Waals surface area contributed by atoms with E-state index >= 15 is 0 Å². The lowest BCUT2D eigenvalue weighted by molar-refractivity contribution is 0.588. The number of hydrogen-bond donors (Lipinski definition) is 1. The van der Waals surface area contributed by atoms with Crippen molar-refractivity contribution in [2.45, 2.75) is 25.2 Å². The molecule has 0 bridgehead atoms. The number of fused-ring (bicyclic) bond motifs is 1. The summed E-state index contributed by atoms with van der Waals surface area (Å²) in [5.41, 5.74) is 8.24. The Balaban J connectivity index is 2.28. The molecule has 0 atom stereocenters. The number of rotatable bonds is 4. The zero-order chi connectivity index (χ0) is 17.5. The Morgan fingerprint density at radius 1 is 1.25 bits per heavy atom. The third-order valence-corrected chi connectivity index (χ3v) is 6.22. The number of hydrogen-bond acceptors (Lipinski definition) is 4. The van der Waals surface area contributed by atoms with E-state index in [1.54, 1.807) is 44.4 Å². The highest BCUT2D eigenvalue weighted by atomic mass is 35.5. The SMILES string of the molecule is Cc1cc(S(=O)(=O)n2cc(CCN)c3cccnc32)c(C)cc1Cl. The lowest BCUT2D eigenvalue weighted by Gasteiger charge is -2.11. The molecular weight excluding hydrogens is 346 g/mol. The molecule has 5 nitrogen and oxygen atoms in total. The van der Waals surface area contributed by atoms with Gasteiger partial charge in [0.1, 0.15) is 0 Å². The Hall–Kier alpha value is -1.89. The lowest BCUT2D eigenvalue weighted by Crippen LogP contribution is -2.14. The average Bonchev–Trinajstić information content (AvgIpc) is 2.91. The minimum atomic E-state index is -3.78. The van der Waals surface area contributed by atoms with Gasteiger partial charge in [-0.25, -0.2) is 17.4 Å². The van der Waals surface area contributed by atoms with E-state index in [0.29, 0.717) is 34.8 Å². The molecule has 0 fully saturated rings. The highest BCUT2D eigenvalue weighted by Crippen LogP contribution is 2.29. The largest absolute Gasteiger partial charge is 0.330 e. The monoisotopic (exact) mass is 363 g/mol. The Kier molecular flexibility index (Phi) is 4.38. The van der Waals surface area contributed by atoms with Gasteiger partial charge < -0.3 is 5.73 Å². The number of nitrogens with two attached hydrogens (primary N) is 1. The Labute approximate surface area is 146 Å². The van der Waals surface area contributed by atoms with Crippen LogP contribution in [-0.4, -0.2) is 23.9 Å². The van der Waals surface area contributed by atoms with Crippen molar-refractivity contribution in [1.29, 1.82) is 0 Å². The molecule has 1 aromatic carbocycles. The third-order valence-electron chi connectivity index (χ3n) is 4.02. The van der Waals surface area contributed by atoms with Crippen molar-refractivity contribution in [3.05, 3.63) is 58.4 Å². The third kappa shape index (κ3) is 2.70. The molecular formula is C17H18ClN3O2S. The summed E-state index contributed by atoms with van der Waals surface area (Å²) in [5, 5.41) is 1.35. The molecule has 2 heterocycles. The maximum atomic E-state index is 13.2. The van der Waals surface area contributed by atoms with E-state index in [1.807, 2.05) is 6.07 Å².